The van der Waals surface area contributed by atoms with Crippen molar-refractivity contribution in [3.63, 3.8) is 0 Å². The van der Waals surface area contributed by atoms with E-state index in [1.165, 1.54) is 0 Å². The van der Waals surface area contributed by atoms with Gasteiger partial charge in [-0.2, -0.15) is 0 Å². The highest BCUT2D eigenvalue weighted by molar-refractivity contribution is 5.72. The average molecular weight is 288 g/mol. The van der Waals surface area contributed by atoms with Crippen molar-refractivity contribution in [2.75, 3.05) is 0 Å². The van der Waals surface area contributed by atoms with E-state index in [1.807, 2.05) is 13.0 Å². The molecule has 2 rings (SSSR count). The molecular formula is C15H24O5. The average Bonchev–Trinajstić information content (AvgIpc) is 2.98. The molecule has 2 fully saturated rings. The number of hydrogen-bond acceptors (Lipinski definition) is 5. The molecule has 5 nitrogen and oxygen atoms in total. The van der Waals surface area contributed by atoms with E-state index in [1.54, 1.807) is 6.08 Å². The molecule has 0 bridgehead atoms. The fourth-order valence-corrected chi connectivity index (χ4v) is 3.09. The van der Waals surface area contributed by atoms with Gasteiger partial charge in [0.2, 0.25) is 2.86 Å². The second kappa shape index (κ2) is 6.70. The maximum absolute atomic E-state index is 11.3. The Labute approximate surface area is 122 Å². The van der Waals surface area contributed by atoms with Crippen LogP contribution in [0.5, 0.6) is 0 Å². The summed E-state index contributed by atoms with van der Waals surface area (Å²) in [6.45, 7) is 1.94. The van der Waals surface area contributed by atoms with Gasteiger partial charge in [0.1, 0.15) is 6.10 Å². The topological polar surface area (TPSA) is 87.0 Å². The summed E-state index contributed by atoms with van der Waals surface area (Å²) in [7, 11) is 0. The van der Waals surface area contributed by atoms with E-state index in [9.17, 15) is 9.90 Å². The Morgan fingerprint density at radius 1 is 1.50 bits per heavy atom. The molecular weight excluding hydrogens is 260 g/mol. The minimum absolute atomic E-state index is 0.0186. The zero-order valence-electron chi connectivity index (χ0n) is 13.7. The molecule has 1 aliphatic heterocycles. The van der Waals surface area contributed by atoms with E-state index in [0.717, 1.165) is 6.42 Å². The fourth-order valence-electron chi connectivity index (χ4n) is 3.09. The van der Waals surface area contributed by atoms with Crippen molar-refractivity contribution in [3.05, 3.63) is 12.2 Å². The van der Waals surface area contributed by atoms with Crippen LogP contribution in [0.4, 0.5) is 0 Å². The van der Waals surface area contributed by atoms with Crippen LogP contribution >= 0.6 is 0 Å². The summed E-state index contributed by atoms with van der Waals surface area (Å²) >= 11 is 0. The molecule has 0 radical (unpaired) electrons. The summed E-state index contributed by atoms with van der Waals surface area (Å²) in [5, 5.41) is 19.3. The Hall–Kier alpha value is -0.910. The number of fused-ring (bicyclic) bond motifs is 1. The Morgan fingerprint density at radius 3 is 3.05 bits per heavy atom. The third-order valence-corrected chi connectivity index (χ3v) is 4.35. The minimum atomic E-state index is -0.523. The quantitative estimate of drug-likeness (QED) is 0.453. The summed E-state index contributed by atoms with van der Waals surface area (Å²) in [6.07, 6.45) is 5.10. The van der Waals surface area contributed by atoms with Gasteiger partial charge in [-0.05, 0) is 19.3 Å². The van der Waals surface area contributed by atoms with Gasteiger partial charge in [0, 0.05) is 18.3 Å². The van der Waals surface area contributed by atoms with Crippen LogP contribution in [0, 0.1) is 11.8 Å². The lowest BCUT2D eigenvalue weighted by Gasteiger charge is -2.16. The van der Waals surface area contributed by atoms with Crippen molar-refractivity contribution < 1.29 is 24.9 Å². The molecule has 0 aromatic carbocycles. The van der Waals surface area contributed by atoms with Crippen LogP contribution in [0.1, 0.15) is 39.0 Å². The zero-order valence-corrected chi connectivity index (χ0v) is 11.7. The van der Waals surface area contributed by atoms with Crippen molar-refractivity contribution in [2.45, 2.75) is 63.4 Å². The number of aliphatic hydroxyl groups is 3. The van der Waals surface area contributed by atoms with Crippen LogP contribution in [-0.2, 0) is 9.53 Å². The van der Waals surface area contributed by atoms with Gasteiger partial charge in [-0.25, -0.2) is 0 Å². The van der Waals surface area contributed by atoms with Crippen LogP contribution < -0.4 is 0 Å². The van der Waals surface area contributed by atoms with Crippen LogP contribution in [0.2, 0.25) is 0 Å². The maximum atomic E-state index is 11.3. The van der Waals surface area contributed by atoms with E-state index < -0.39 is 12.2 Å². The first-order valence-corrected chi connectivity index (χ1v) is 7.38. The molecule has 0 spiro atoms. The smallest absolute Gasteiger partial charge is 0.306 e. The lowest BCUT2D eigenvalue weighted by Crippen LogP contribution is -2.18. The fraction of sp³-hybridized carbons (Fsp3) is 0.800. The number of carbonyl (C=O) groups is 1. The van der Waals surface area contributed by atoms with Crippen LogP contribution in [0.15, 0.2) is 12.2 Å². The normalized spacial score (nSPS) is 37.4. The summed E-state index contributed by atoms with van der Waals surface area (Å²) in [6, 6.07) is 0. The lowest BCUT2D eigenvalue weighted by molar-refractivity contribution is -0.141. The van der Waals surface area contributed by atoms with Gasteiger partial charge in [0.25, 0.3) is 0 Å². The van der Waals surface area contributed by atoms with Crippen LogP contribution in [-0.4, -0.2) is 48.6 Å². The molecule has 1 aliphatic carbocycles. The standard InChI is InChI=1S/C15H24O5/c1-2-9(16)3-4-10(17)5-6-11-12-7-15(19)20-14(12)8-13(11)18/h5-6,9-14,16-18H,2-4,7-8H2,1H3/t9?,10?,11?,12?,13-,14-/m0/s1/i16T,17T. The van der Waals surface area contributed by atoms with Crippen molar-refractivity contribution in [1.82, 2.24) is 0 Å². The summed E-state index contributed by atoms with van der Waals surface area (Å²) in [5.74, 6) is -0.319. The van der Waals surface area contributed by atoms with Gasteiger partial charge in [-0.15, -0.1) is 0 Å². The van der Waals surface area contributed by atoms with E-state index in [4.69, 9.17) is 7.60 Å². The number of rotatable bonds is 8. The number of aliphatic hydroxyl groups excluding tert-OH is 3. The van der Waals surface area contributed by atoms with E-state index in [-0.39, 0.29) is 30.0 Å². The highest BCUT2D eigenvalue weighted by atomic mass is 16.6. The lowest BCUT2D eigenvalue weighted by atomic mass is 9.91. The van der Waals surface area contributed by atoms with E-state index in [0.29, 0.717) is 25.7 Å². The number of ether oxygens (including phenoxy) is 1. The molecule has 2 aliphatic rings. The SMILES string of the molecule is [3H]OC(C=CC1C2CC(=O)O[C@H]2C[C@@H]1O)CCC(CC)O[3H]. The predicted octanol–water partition coefficient (Wildman–Crippen LogP) is 0.767. The zero-order chi connectivity index (χ0) is 16.1. The van der Waals surface area contributed by atoms with Crippen molar-refractivity contribution in [2.24, 2.45) is 11.8 Å². The third kappa shape index (κ3) is 3.59. The minimum Gasteiger partial charge on any atom is -0.462 e. The molecule has 20 heavy (non-hydrogen) atoms. The first-order valence-electron chi connectivity index (χ1n) is 8.20. The van der Waals surface area contributed by atoms with Crippen molar-refractivity contribution in [1.29, 1.82) is 2.86 Å². The Morgan fingerprint density at radius 2 is 2.35 bits per heavy atom. The molecule has 0 amide bonds. The molecule has 0 aromatic heterocycles. The Bertz CT molecular complexity index is 399. The number of carbonyl (C=O) groups excluding carboxylic acids is 1. The van der Waals surface area contributed by atoms with Gasteiger partial charge >= 0.3 is 5.97 Å². The van der Waals surface area contributed by atoms with Gasteiger partial charge in [0.15, 0.2) is 0 Å². The Kier molecular flexibility index (Phi) is 4.29. The van der Waals surface area contributed by atoms with Gasteiger partial charge in [-0.3, -0.25) is 4.79 Å². The largest absolute Gasteiger partial charge is 0.462 e. The van der Waals surface area contributed by atoms with Gasteiger partial charge in [-0.1, -0.05) is 19.1 Å². The first-order chi connectivity index (χ1) is 10.6. The van der Waals surface area contributed by atoms with Crippen LogP contribution in [0.3, 0.4) is 0 Å². The summed E-state index contributed by atoms with van der Waals surface area (Å²) in [5.41, 5.74) is 0. The van der Waals surface area contributed by atoms with Crippen LogP contribution in [0.25, 0.3) is 0 Å². The van der Waals surface area contributed by atoms with Crippen molar-refractivity contribution >= 4 is 5.97 Å². The summed E-state index contributed by atoms with van der Waals surface area (Å²) < 4.78 is 19.3. The predicted molar refractivity (Wildman–Crippen MR) is 72.8 cm³/mol. The molecule has 1 heterocycles. The van der Waals surface area contributed by atoms with Gasteiger partial charge < -0.3 is 20.1 Å². The summed E-state index contributed by atoms with van der Waals surface area (Å²) in [4.78, 5) is 11.3. The van der Waals surface area contributed by atoms with E-state index in [2.05, 4.69) is 10.2 Å². The Balaban J connectivity index is 1.89. The molecule has 1 saturated heterocycles. The molecule has 0 aromatic rings. The highest BCUT2D eigenvalue weighted by Crippen LogP contribution is 2.42. The molecule has 3 N–H and O–H groups in total. The maximum Gasteiger partial charge on any atom is 0.306 e. The first kappa shape index (κ1) is 12.8. The van der Waals surface area contributed by atoms with Crippen molar-refractivity contribution in [3.8, 4) is 0 Å². The van der Waals surface area contributed by atoms with E-state index >= 15 is 0 Å². The molecule has 114 valence electrons. The second-order valence-electron chi connectivity index (χ2n) is 5.81. The third-order valence-electron chi connectivity index (χ3n) is 4.35. The van der Waals surface area contributed by atoms with Gasteiger partial charge in [0.05, 0.1) is 24.7 Å². The molecule has 6 atom stereocenters. The number of hydrogen-bond donors (Lipinski definition) is 3. The highest BCUT2D eigenvalue weighted by Gasteiger charge is 2.48. The molecule has 5 heteroatoms. The molecule has 1 saturated carbocycles. The number of esters is 1. The second-order valence-corrected chi connectivity index (χ2v) is 5.81. The monoisotopic (exact) mass is 288 g/mol. The molecule has 4 unspecified atom stereocenters.